The van der Waals surface area contributed by atoms with Gasteiger partial charge in [0.15, 0.2) is 0 Å². The molecule has 1 aromatic heterocycles. The monoisotopic (exact) mass is 427 g/mol. The van der Waals surface area contributed by atoms with Crippen LogP contribution in [0.1, 0.15) is 10.4 Å². The number of hydrogen-bond acceptors (Lipinski definition) is 2. The van der Waals surface area contributed by atoms with E-state index < -0.39 is 0 Å². The number of hydrogen-bond donors (Lipinski definition) is 2. The highest BCUT2D eigenvalue weighted by Crippen LogP contribution is 2.23. The summed E-state index contributed by atoms with van der Waals surface area (Å²) < 4.78 is 0.770. The minimum atomic E-state index is -0.149. The Bertz CT molecular complexity index is 1030. The predicted octanol–water partition coefficient (Wildman–Crippen LogP) is 5.67. The molecule has 0 aliphatic heterocycles. The van der Waals surface area contributed by atoms with Gasteiger partial charge in [-0.15, -0.1) is 12.4 Å². The zero-order valence-corrected chi connectivity index (χ0v) is 16.0. The molecule has 4 nitrogen and oxygen atoms in total. The molecule has 130 valence electrons. The second-order valence-corrected chi connectivity index (χ2v) is 6.47. The smallest absolute Gasteiger partial charge is 0.256 e. The normalized spacial score (nSPS) is 10.3. The van der Waals surface area contributed by atoms with Crippen LogP contribution in [0.2, 0.25) is 0 Å². The van der Waals surface area contributed by atoms with Crippen molar-refractivity contribution in [2.45, 2.75) is 0 Å². The third-order valence-corrected chi connectivity index (χ3v) is 4.62. The first-order valence-corrected chi connectivity index (χ1v) is 8.61. The van der Waals surface area contributed by atoms with E-state index in [4.69, 9.17) is 0 Å². The molecule has 0 aliphatic rings. The number of carbonyl (C=O) groups is 1. The maximum Gasteiger partial charge on any atom is 0.256 e. The molecule has 4 aromatic rings. The second kappa shape index (κ2) is 7.72. The van der Waals surface area contributed by atoms with Crippen LogP contribution in [0.15, 0.2) is 77.3 Å². The Balaban J connectivity index is 0.00000196. The Morgan fingerprint density at radius 2 is 1.62 bits per heavy atom. The first kappa shape index (κ1) is 18.2. The van der Waals surface area contributed by atoms with Crippen LogP contribution in [0.25, 0.3) is 22.4 Å². The lowest BCUT2D eigenvalue weighted by atomic mass is 10.1. The van der Waals surface area contributed by atoms with Crippen LogP contribution in [-0.4, -0.2) is 15.9 Å². The van der Waals surface area contributed by atoms with Crippen molar-refractivity contribution >= 4 is 51.0 Å². The Hall–Kier alpha value is -2.63. The van der Waals surface area contributed by atoms with Gasteiger partial charge in [-0.3, -0.25) is 4.79 Å². The largest absolute Gasteiger partial charge is 0.338 e. The van der Waals surface area contributed by atoms with Crippen molar-refractivity contribution in [1.29, 1.82) is 0 Å². The summed E-state index contributed by atoms with van der Waals surface area (Å²) in [6.45, 7) is 0. The number of nitrogens with one attached hydrogen (secondary N) is 2. The van der Waals surface area contributed by atoms with Crippen LogP contribution >= 0.6 is 28.3 Å². The molecule has 4 rings (SSSR count). The van der Waals surface area contributed by atoms with Crippen molar-refractivity contribution in [3.63, 3.8) is 0 Å². The molecule has 1 amide bonds. The SMILES string of the molecule is Cl.O=C(Nc1ccc(-c2nc3ccccc3[nH]2)cc1)c1ccccc1Br. The number of benzene rings is 3. The lowest BCUT2D eigenvalue weighted by Gasteiger charge is -2.07. The van der Waals surface area contributed by atoms with E-state index in [9.17, 15) is 4.79 Å². The lowest BCUT2D eigenvalue weighted by molar-refractivity contribution is 0.102. The second-order valence-electron chi connectivity index (χ2n) is 5.61. The molecule has 0 saturated heterocycles. The molecule has 0 atom stereocenters. The number of anilines is 1. The number of H-pyrrole nitrogens is 1. The zero-order chi connectivity index (χ0) is 17.2. The molecule has 1 heterocycles. The molecule has 0 bridgehead atoms. The number of carbonyl (C=O) groups excluding carboxylic acids is 1. The number of nitrogens with zero attached hydrogens (tertiary/aromatic N) is 1. The van der Waals surface area contributed by atoms with Crippen LogP contribution in [0.5, 0.6) is 0 Å². The van der Waals surface area contributed by atoms with E-state index in [2.05, 4.69) is 31.2 Å². The third-order valence-electron chi connectivity index (χ3n) is 3.92. The van der Waals surface area contributed by atoms with Crippen molar-refractivity contribution in [3.8, 4) is 11.4 Å². The number of imidazole rings is 1. The average Bonchev–Trinajstić information content (AvgIpc) is 3.07. The van der Waals surface area contributed by atoms with E-state index in [1.54, 1.807) is 6.07 Å². The molecule has 0 fully saturated rings. The van der Waals surface area contributed by atoms with E-state index >= 15 is 0 Å². The van der Waals surface area contributed by atoms with Gasteiger partial charge in [-0.05, 0) is 64.5 Å². The molecule has 2 N–H and O–H groups in total. The number of amides is 1. The van der Waals surface area contributed by atoms with Crippen molar-refractivity contribution < 1.29 is 4.79 Å². The number of fused-ring (bicyclic) bond motifs is 1. The summed E-state index contributed by atoms with van der Waals surface area (Å²) >= 11 is 3.40. The van der Waals surface area contributed by atoms with Gasteiger partial charge in [-0.2, -0.15) is 0 Å². The highest BCUT2D eigenvalue weighted by molar-refractivity contribution is 9.10. The minimum Gasteiger partial charge on any atom is -0.338 e. The van der Waals surface area contributed by atoms with Gasteiger partial charge >= 0.3 is 0 Å². The zero-order valence-electron chi connectivity index (χ0n) is 13.6. The van der Waals surface area contributed by atoms with Crippen LogP contribution < -0.4 is 5.32 Å². The van der Waals surface area contributed by atoms with Gasteiger partial charge in [0.1, 0.15) is 5.82 Å². The van der Waals surface area contributed by atoms with E-state index in [1.165, 1.54) is 0 Å². The van der Waals surface area contributed by atoms with Gasteiger partial charge in [-0.25, -0.2) is 4.98 Å². The number of aromatic amines is 1. The van der Waals surface area contributed by atoms with Crippen molar-refractivity contribution in [3.05, 3.63) is 82.8 Å². The molecule has 0 unspecified atom stereocenters. The summed E-state index contributed by atoms with van der Waals surface area (Å²) in [6, 6.07) is 22.9. The lowest BCUT2D eigenvalue weighted by Crippen LogP contribution is -2.12. The molecule has 26 heavy (non-hydrogen) atoms. The molecule has 0 radical (unpaired) electrons. The Kier molecular flexibility index (Phi) is 5.40. The standard InChI is InChI=1S/C20H14BrN3O.ClH/c21-16-6-2-1-5-15(16)20(25)22-14-11-9-13(10-12-14)19-23-17-7-3-4-8-18(17)24-19;/h1-12H,(H,22,25)(H,23,24);1H. The molecule has 3 aromatic carbocycles. The summed E-state index contributed by atoms with van der Waals surface area (Å²) in [6.07, 6.45) is 0. The first-order valence-electron chi connectivity index (χ1n) is 7.82. The van der Waals surface area contributed by atoms with Crippen LogP contribution in [0.4, 0.5) is 5.69 Å². The summed E-state index contributed by atoms with van der Waals surface area (Å²) in [7, 11) is 0. The predicted molar refractivity (Wildman–Crippen MR) is 111 cm³/mol. The van der Waals surface area contributed by atoms with E-state index in [0.717, 1.165) is 32.6 Å². The number of aromatic nitrogens is 2. The van der Waals surface area contributed by atoms with Gasteiger partial charge in [-0.1, -0.05) is 24.3 Å². The molecule has 6 heteroatoms. The summed E-state index contributed by atoms with van der Waals surface area (Å²) in [5.41, 5.74) is 4.24. The highest BCUT2D eigenvalue weighted by Gasteiger charge is 2.10. The quantitative estimate of drug-likeness (QED) is 0.442. The van der Waals surface area contributed by atoms with Crippen LogP contribution in [0.3, 0.4) is 0 Å². The number of para-hydroxylation sites is 2. The Labute approximate surface area is 165 Å². The van der Waals surface area contributed by atoms with Gasteiger partial charge in [0.05, 0.1) is 16.6 Å². The fourth-order valence-corrected chi connectivity index (χ4v) is 3.11. The molecular formula is C20H15BrClN3O. The molecule has 0 aliphatic carbocycles. The summed E-state index contributed by atoms with van der Waals surface area (Å²) in [4.78, 5) is 20.2. The van der Waals surface area contributed by atoms with Gasteiger partial charge in [0.2, 0.25) is 0 Å². The average molecular weight is 429 g/mol. The van der Waals surface area contributed by atoms with Crippen molar-refractivity contribution in [1.82, 2.24) is 9.97 Å². The number of halogens is 2. The van der Waals surface area contributed by atoms with E-state index in [1.807, 2.05) is 66.7 Å². The third kappa shape index (κ3) is 3.64. The maximum atomic E-state index is 12.3. The molecular weight excluding hydrogens is 414 g/mol. The molecule has 0 saturated carbocycles. The van der Waals surface area contributed by atoms with Gasteiger partial charge in [0, 0.05) is 15.7 Å². The first-order chi connectivity index (χ1) is 12.2. The van der Waals surface area contributed by atoms with Gasteiger partial charge in [0.25, 0.3) is 5.91 Å². The van der Waals surface area contributed by atoms with Crippen molar-refractivity contribution in [2.24, 2.45) is 0 Å². The minimum absolute atomic E-state index is 0. The fraction of sp³-hybridized carbons (Fsp3) is 0. The highest BCUT2D eigenvalue weighted by atomic mass is 79.9. The maximum absolute atomic E-state index is 12.3. The summed E-state index contributed by atoms with van der Waals surface area (Å²) in [5.74, 6) is 0.661. The Morgan fingerprint density at radius 3 is 2.35 bits per heavy atom. The van der Waals surface area contributed by atoms with Crippen LogP contribution in [-0.2, 0) is 0 Å². The Morgan fingerprint density at radius 1 is 0.923 bits per heavy atom. The van der Waals surface area contributed by atoms with E-state index in [-0.39, 0.29) is 18.3 Å². The van der Waals surface area contributed by atoms with Gasteiger partial charge < -0.3 is 10.3 Å². The fourth-order valence-electron chi connectivity index (χ4n) is 2.64. The van der Waals surface area contributed by atoms with Crippen LogP contribution in [0, 0.1) is 0 Å². The van der Waals surface area contributed by atoms with E-state index in [0.29, 0.717) is 5.56 Å². The number of rotatable bonds is 3. The topological polar surface area (TPSA) is 57.8 Å². The van der Waals surface area contributed by atoms with Crippen molar-refractivity contribution in [2.75, 3.05) is 5.32 Å². The summed E-state index contributed by atoms with van der Waals surface area (Å²) in [5, 5.41) is 2.90. The molecule has 0 spiro atoms.